The molecule has 0 heterocycles. The van der Waals surface area contributed by atoms with Crippen LogP contribution in [0.15, 0.2) is 0 Å². The molecule has 0 aromatic heterocycles. The Morgan fingerprint density at radius 2 is 2.38 bits per heavy atom. The molecule has 1 N–H and O–H groups in total. The number of rotatable bonds is 4. The maximum atomic E-state index is 8.53. The monoisotopic (exact) mass is 116 g/mol. The second kappa shape index (κ2) is 5.13. The summed E-state index contributed by atoms with van der Waals surface area (Å²) in [6.45, 7) is 2.77. The first-order valence-corrected chi connectivity index (χ1v) is 3.07. The Hall–Kier alpha value is -0.0151. The van der Waals surface area contributed by atoms with E-state index in [0.29, 0.717) is 6.61 Å². The van der Waals surface area contributed by atoms with Gasteiger partial charge in [-0.25, -0.2) is 0 Å². The minimum atomic E-state index is 0.0556. The number of hydrogen-bond donors (Lipinski definition) is 1. The van der Waals surface area contributed by atoms with Crippen LogP contribution in [0.1, 0.15) is 6.92 Å². The Labute approximate surface area is 51.3 Å². The third-order valence-corrected chi connectivity index (χ3v) is 1.06. The van der Waals surface area contributed by atoms with Gasteiger partial charge in [0.25, 0.3) is 0 Å². The molecule has 0 spiro atoms. The first-order chi connectivity index (χ1) is 3.85. The summed E-state index contributed by atoms with van der Waals surface area (Å²) < 4.78 is 5.09. The lowest BCUT2D eigenvalue weighted by molar-refractivity contribution is 0.0329. The average Bonchev–Trinajstić information content (AvgIpc) is 1.83. The van der Waals surface area contributed by atoms with E-state index >= 15 is 0 Å². The van der Waals surface area contributed by atoms with Gasteiger partial charge >= 0.3 is 0 Å². The second-order valence-corrected chi connectivity index (χ2v) is 1.67. The van der Waals surface area contributed by atoms with Gasteiger partial charge in [0, 0.05) is 6.61 Å². The zero-order valence-electron chi connectivity index (χ0n) is 5.55. The largest absolute Gasteiger partial charge is 0.394 e. The Morgan fingerprint density at radius 1 is 1.75 bits per heavy atom. The minimum absolute atomic E-state index is 0.0556. The molecule has 3 heteroatoms. The van der Waals surface area contributed by atoms with Gasteiger partial charge in [0.15, 0.2) is 0 Å². The molecule has 0 aliphatic heterocycles. The van der Waals surface area contributed by atoms with Crippen LogP contribution in [0, 0.1) is 0 Å². The normalized spacial score (nSPS) is 13.8. The van der Waals surface area contributed by atoms with Gasteiger partial charge in [0.2, 0.25) is 0 Å². The zero-order chi connectivity index (χ0) is 6.41. The summed E-state index contributed by atoms with van der Waals surface area (Å²) in [5.41, 5.74) is 0. The highest BCUT2D eigenvalue weighted by Gasteiger charge is 2.00. The maximum absolute atomic E-state index is 8.53. The molecular formula is C5H13BO2. The highest BCUT2D eigenvalue weighted by atomic mass is 16.5. The molecule has 0 rings (SSSR count). The molecule has 0 aromatic carbocycles. The molecule has 0 amide bonds. The second-order valence-electron chi connectivity index (χ2n) is 1.67. The molecule has 1 unspecified atom stereocenters. The predicted molar refractivity (Wildman–Crippen MR) is 35.9 cm³/mol. The number of ether oxygens (including phenoxy) is 1. The van der Waals surface area contributed by atoms with E-state index in [2.05, 4.69) is 0 Å². The Balaban J connectivity index is 3.07. The summed E-state index contributed by atoms with van der Waals surface area (Å²) in [5.74, 6) is 0. The van der Waals surface area contributed by atoms with Crippen molar-refractivity contribution in [2.24, 2.45) is 0 Å². The van der Waals surface area contributed by atoms with Crippen LogP contribution < -0.4 is 0 Å². The molecular weight excluding hydrogens is 103 g/mol. The van der Waals surface area contributed by atoms with Crippen LogP contribution in [0.3, 0.4) is 0 Å². The van der Waals surface area contributed by atoms with E-state index < -0.39 is 0 Å². The fourth-order valence-corrected chi connectivity index (χ4v) is 0.535. The third-order valence-electron chi connectivity index (χ3n) is 1.06. The molecule has 8 heavy (non-hydrogen) atoms. The Kier molecular flexibility index (Phi) is 5.12. The predicted octanol–water partition coefficient (Wildman–Crippen LogP) is -0.565. The standard InChI is InChI=1S/C5H13BO2/c1-2-8-5(3-6)4-7/h5,7H,2-4,6H2,1H3. The number of aliphatic hydroxyl groups is 1. The molecule has 0 radical (unpaired) electrons. The van der Waals surface area contributed by atoms with Crippen molar-refractivity contribution in [1.29, 1.82) is 0 Å². The summed E-state index contributed by atoms with van der Waals surface area (Å²) in [6.07, 6.45) is 0.949. The van der Waals surface area contributed by atoms with Crippen molar-refractivity contribution in [2.75, 3.05) is 13.2 Å². The summed E-state index contributed by atoms with van der Waals surface area (Å²) in [4.78, 5) is 0. The lowest BCUT2D eigenvalue weighted by atomic mass is 10.0. The summed E-state index contributed by atoms with van der Waals surface area (Å²) >= 11 is 0. The zero-order valence-corrected chi connectivity index (χ0v) is 5.55. The molecule has 1 atom stereocenters. The van der Waals surface area contributed by atoms with Gasteiger partial charge < -0.3 is 9.84 Å². The van der Waals surface area contributed by atoms with Crippen LogP contribution in [0.25, 0.3) is 0 Å². The van der Waals surface area contributed by atoms with Crippen molar-refractivity contribution in [3.63, 3.8) is 0 Å². The molecule has 0 bridgehead atoms. The smallest absolute Gasteiger partial charge is 0.104 e. The van der Waals surface area contributed by atoms with Crippen molar-refractivity contribution >= 4 is 7.85 Å². The summed E-state index contributed by atoms with van der Waals surface area (Å²) in [5, 5.41) is 8.53. The molecule has 0 aromatic rings. The quantitative estimate of drug-likeness (QED) is 0.498. The Bertz CT molecular complexity index is 45.7. The van der Waals surface area contributed by atoms with Crippen molar-refractivity contribution in [1.82, 2.24) is 0 Å². The summed E-state index contributed by atoms with van der Waals surface area (Å²) in [6, 6.07) is 0. The number of aliphatic hydroxyl groups excluding tert-OH is 1. The van der Waals surface area contributed by atoms with E-state index in [1.54, 1.807) is 0 Å². The third kappa shape index (κ3) is 3.05. The maximum Gasteiger partial charge on any atom is 0.104 e. The lowest BCUT2D eigenvalue weighted by Gasteiger charge is -2.09. The van der Waals surface area contributed by atoms with Crippen LogP contribution >= 0.6 is 0 Å². The van der Waals surface area contributed by atoms with E-state index in [-0.39, 0.29) is 12.7 Å². The van der Waals surface area contributed by atoms with Gasteiger partial charge in [0.05, 0.1) is 12.7 Å². The Morgan fingerprint density at radius 3 is 2.50 bits per heavy atom. The van der Waals surface area contributed by atoms with Crippen LogP contribution in [0.4, 0.5) is 0 Å². The molecule has 0 fully saturated rings. The van der Waals surface area contributed by atoms with Crippen molar-refractivity contribution in [2.45, 2.75) is 19.3 Å². The lowest BCUT2D eigenvalue weighted by Crippen LogP contribution is -2.16. The number of hydrogen-bond acceptors (Lipinski definition) is 2. The van der Waals surface area contributed by atoms with Crippen LogP contribution in [-0.4, -0.2) is 32.3 Å². The average molecular weight is 116 g/mol. The fourth-order valence-electron chi connectivity index (χ4n) is 0.535. The van der Waals surface area contributed by atoms with E-state index in [9.17, 15) is 0 Å². The minimum Gasteiger partial charge on any atom is -0.394 e. The van der Waals surface area contributed by atoms with Crippen molar-refractivity contribution in [3.05, 3.63) is 0 Å². The van der Waals surface area contributed by atoms with E-state index in [1.165, 1.54) is 0 Å². The molecule has 0 saturated heterocycles. The molecule has 0 aliphatic carbocycles. The van der Waals surface area contributed by atoms with Crippen molar-refractivity contribution < 1.29 is 9.84 Å². The first-order valence-electron chi connectivity index (χ1n) is 3.07. The van der Waals surface area contributed by atoms with Gasteiger partial charge in [-0.3, -0.25) is 0 Å². The highest BCUT2D eigenvalue weighted by Crippen LogP contribution is 1.92. The van der Waals surface area contributed by atoms with Crippen LogP contribution in [0.2, 0.25) is 6.32 Å². The topological polar surface area (TPSA) is 29.5 Å². The van der Waals surface area contributed by atoms with E-state index in [1.807, 2.05) is 14.8 Å². The molecule has 48 valence electrons. The van der Waals surface area contributed by atoms with Gasteiger partial charge in [-0.05, 0) is 6.92 Å². The van der Waals surface area contributed by atoms with Crippen LogP contribution in [0.5, 0.6) is 0 Å². The van der Waals surface area contributed by atoms with Crippen LogP contribution in [-0.2, 0) is 4.74 Å². The van der Waals surface area contributed by atoms with Gasteiger partial charge in [-0.2, -0.15) is 0 Å². The summed E-state index contributed by atoms with van der Waals surface area (Å²) in [7, 11) is 2.00. The van der Waals surface area contributed by atoms with Gasteiger partial charge in [-0.1, -0.05) is 6.32 Å². The molecule has 0 saturated carbocycles. The highest BCUT2D eigenvalue weighted by molar-refractivity contribution is 6.08. The fraction of sp³-hybridized carbons (Fsp3) is 1.00. The van der Waals surface area contributed by atoms with E-state index in [0.717, 1.165) is 6.32 Å². The van der Waals surface area contributed by atoms with Gasteiger partial charge in [0.1, 0.15) is 7.85 Å². The van der Waals surface area contributed by atoms with Gasteiger partial charge in [-0.15, -0.1) is 0 Å². The molecule has 2 nitrogen and oxygen atoms in total. The van der Waals surface area contributed by atoms with E-state index in [4.69, 9.17) is 9.84 Å². The first kappa shape index (κ1) is 7.98. The van der Waals surface area contributed by atoms with Crippen molar-refractivity contribution in [3.8, 4) is 0 Å². The SMILES string of the molecule is BCC(CO)OCC. The molecule has 0 aliphatic rings.